The van der Waals surface area contributed by atoms with Crippen molar-refractivity contribution in [2.24, 2.45) is 11.7 Å². The highest BCUT2D eigenvalue weighted by Crippen LogP contribution is 2.26. The SMILES string of the molecule is CC(C)C(N)CCN(C)CCc1ccc2c(c1)CCO2. The van der Waals surface area contributed by atoms with E-state index in [2.05, 4.69) is 44.0 Å². The van der Waals surface area contributed by atoms with Gasteiger partial charge in [-0.2, -0.15) is 0 Å². The Morgan fingerprint density at radius 2 is 2.10 bits per heavy atom. The Morgan fingerprint density at radius 1 is 1.30 bits per heavy atom. The third-order valence-corrected chi connectivity index (χ3v) is 4.24. The Kier molecular flexibility index (Phi) is 5.44. The molecule has 0 amide bonds. The zero-order valence-electron chi connectivity index (χ0n) is 13.1. The van der Waals surface area contributed by atoms with Crippen molar-refractivity contribution in [1.82, 2.24) is 4.90 Å². The number of benzene rings is 1. The molecule has 20 heavy (non-hydrogen) atoms. The van der Waals surface area contributed by atoms with Crippen LogP contribution in [0.15, 0.2) is 18.2 Å². The van der Waals surface area contributed by atoms with E-state index in [4.69, 9.17) is 10.5 Å². The Labute approximate surface area is 123 Å². The summed E-state index contributed by atoms with van der Waals surface area (Å²) in [5, 5.41) is 0. The van der Waals surface area contributed by atoms with Gasteiger partial charge in [-0.3, -0.25) is 0 Å². The van der Waals surface area contributed by atoms with E-state index in [1.165, 1.54) is 11.1 Å². The van der Waals surface area contributed by atoms with Crippen molar-refractivity contribution < 1.29 is 4.74 Å². The van der Waals surface area contributed by atoms with E-state index in [9.17, 15) is 0 Å². The second-order valence-corrected chi connectivity index (χ2v) is 6.29. The van der Waals surface area contributed by atoms with Crippen molar-refractivity contribution in [1.29, 1.82) is 0 Å². The van der Waals surface area contributed by atoms with Crippen molar-refractivity contribution in [2.75, 3.05) is 26.7 Å². The quantitative estimate of drug-likeness (QED) is 0.831. The number of ether oxygens (including phenoxy) is 1. The topological polar surface area (TPSA) is 38.5 Å². The first kappa shape index (κ1) is 15.3. The molecule has 1 atom stereocenters. The lowest BCUT2D eigenvalue weighted by Gasteiger charge is -2.21. The second-order valence-electron chi connectivity index (χ2n) is 6.29. The highest BCUT2D eigenvalue weighted by Gasteiger charge is 2.12. The summed E-state index contributed by atoms with van der Waals surface area (Å²) in [5.74, 6) is 1.64. The molecular weight excluding hydrogens is 248 g/mol. The fourth-order valence-corrected chi connectivity index (χ4v) is 2.53. The lowest BCUT2D eigenvalue weighted by Crippen LogP contribution is -2.32. The minimum Gasteiger partial charge on any atom is -0.493 e. The first-order valence-corrected chi connectivity index (χ1v) is 7.75. The summed E-state index contributed by atoms with van der Waals surface area (Å²) < 4.78 is 5.54. The zero-order chi connectivity index (χ0) is 14.5. The van der Waals surface area contributed by atoms with Gasteiger partial charge < -0.3 is 15.4 Å². The van der Waals surface area contributed by atoms with Gasteiger partial charge in [-0.05, 0) is 49.5 Å². The molecule has 1 aromatic rings. The molecule has 0 fully saturated rings. The van der Waals surface area contributed by atoms with E-state index in [0.29, 0.717) is 12.0 Å². The van der Waals surface area contributed by atoms with Gasteiger partial charge in [-0.15, -0.1) is 0 Å². The fourth-order valence-electron chi connectivity index (χ4n) is 2.53. The van der Waals surface area contributed by atoms with Crippen molar-refractivity contribution in [3.8, 4) is 5.75 Å². The maximum atomic E-state index is 6.09. The van der Waals surface area contributed by atoms with E-state index >= 15 is 0 Å². The molecule has 0 spiro atoms. The Morgan fingerprint density at radius 3 is 2.85 bits per heavy atom. The standard InChI is InChI=1S/C17H28N2O/c1-13(2)16(18)7-10-19(3)9-6-14-4-5-17-15(12-14)8-11-20-17/h4-5,12-13,16H,6-11,18H2,1-3H3. The van der Waals surface area contributed by atoms with Crippen LogP contribution in [0.25, 0.3) is 0 Å². The van der Waals surface area contributed by atoms with Crippen molar-refractivity contribution in [3.63, 3.8) is 0 Å². The molecule has 3 nitrogen and oxygen atoms in total. The van der Waals surface area contributed by atoms with Crippen LogP contribution in [0.1, 0.15) is 31.4 Å². The molecule has 0 aliphatic carbocycles. The molecule has 1 aliphatic heterocycles. The highest BCUT2D eigenvalue weighted by molar-refractivity contribution is 5.39. The van der Waals surface area contributed by atoms with Crippen LogP contribution in [0.4, 0.5) is 0 Å². The number of likely N-dealkylation sites (N-methyl/N-ethyl adjacent to an activating group) is 1. The van der Waals surface area contributed by atoms with Crippen molar-refractivity contribution in [2.45, 2.75) is 39.2 Å². The molecule has 2 N–H and O–H groups in total. The number of hydrogen-bond donors (Lipinski definition) is 1. The molecule has 0 saturated carbocycles. The first-order chi connectivity index (χ1) is 9.56. The summed E-state index contributed by atoms with van der Waals surface area (Å²) in [6.45, 7) is 7.39. The van der Waals surface area contributed by atoms with E-state index in [-0.39, 0.29) is 0 Å². The van der Waals surface area contributed by atoms with Gasteiger partial charge in [0.05, 0.1) is 6.61 Å². The number of nitrogens with zero attached hydrogens (tertiary/aromatic N) is 1. The summed E-state index contributed by atoms with van der Waals surface area (Å²) in [6.07, 6.45) is 3.23. The number of nitrogens with two attached hydrogens (primary N) is 1. The van der Waals surface area contributed by atoms with Crippen LogP contribution in [0, 0.1) is 5.92 Å². The molecule has 112 valence electrons. The van der Waals surface area contributed by atoms with Crippen LogP contribution in [0.5, 0.6) is 5.75 Å². The minimum absolute atomic E-state index is 0.314. The molecule has 1 unspecified atom stereocenters. The molecule has 1 aliphatic rings. The Hall–Kier alpha value is -1.06. The molecule has 2 rings (SSSR count). The Balaban J connectivity index is 1.74. The van der Waals surface area contributed by atoms with E-state index in [1.54, 1.807) is 0 Å². The molecule has 1 heterocycles. The summed E-state index contributed by atoms with van der Waals surface area (Å²) in [7, 11) is 2.18. The minimum atomic E-state index is 0.314. The molecule has 1 aromatic carbocycles. The lowest BCUT2D eigenvalue weighted by molar-refractivity contribution is 0.306. The summed E-state index contributed by atoms with van der Waals surface area (Å²) in [4.78, 5) is 2.38. The molecule has 0 aromatic heterocycles. The normalized spacial score (nSPS) is 15.5. The predicted octanol–water partition coefficient (Wildman–Crippen LogP) is 2.47. The lowest BCUT2D eigenvalue weighted by atomic mass is 10.0. The monoisotopic (exact) mass is 276 g/mol. The van der Waals surface area contributed by atoms with Gasteiger partial charge >= 0.3 is 0 Å². The fraction of sp³-hybridized carbons (Fsp3) is 0.647. The number of hydrogen-bond acceptors (Lipinski definition) is 3. The van der Waals surface area contributed by atoms with E-state index in [1.807, 2.05) is 0 Å². The third kappa shape index (κ3) is 4.22. The van der Waals surface area contributed by atoms with Gasteiger partial charge in [-0.25, -0.2) is 0 Å². The average Bonchev–Trinajstić information content (AvgIpc) is 2.89. The smallest absolute Gasteiger partial charge is 0.122 e. The Bertz CT molecular complexity index is 431. The number of fused-ring (bicyclic) bond motifs is 1. The average molecular weight is 276 g/mol. The maximum absolute atomic E-state index is 6.09. The summed E-state index contributed by atoms with van der Waals surface area (Å²) >= 11 is 0. The molecule has 3 heteroatoms. The first-order valence-electron chi connectivity index (χ1n) is 7.75. The van der Waals surface area contributed by atoms with Gasteiger partial charge in [0.2, 0.25) is 0 Å². The van der Waals surface area contributed by atoms with E-state index in [0.717, 1.165) is 44.7 Å². The zero-order valence-corrected chi connectivity index (χ0v) is 13.1. The van der Waals surface area contributed by atoms with Crippen LogP contribution in [0.2, 0.25) is 0 Å². The van der Waals surface area contributed by atoms with Crippen LogP contribution >= 0.6 is 0 Å². The molecule has 0 radical (unpaired) electrons. The highest BCUT2D eigenvalue weighted by atomic mass is 16.5. The van der Waals surface area contributed by atoms with Crippen molar-refractivity contribution >= 4 is 0 Å². The van der Waals surface area contributed by atoms with Crippen LogP contribution in [0.3, 0.4) is 0 Å². The predicted molar refractivity (Wildman–Crippen MR) is 84.3 cm³/mol. The largest absolute Gasteiger partial charge is 0.493 e. The molecular formula is C17H28N2O. The van der Waals surface area contributed by atoms with Crippen LogP contribution in [-0.2, 0) is 12.8 Å². The maximum Gasteiger partial charge on any atom is 0.122 e. The second kappa shape index (κ2) is 7.09. The van der Waals surface area contributed by atoms with Crippen LogP contribution in [-0.4, -0.2) is 37.7 Å². The van der Waals surface area contributed by atoms with Gasteiger partial charge in [0.25, 0.3) is 0 Å². The summed E-state index contributed by atoms with van der Waals surface area (Å²) in [6, 6.07) is 6.93. The van der Waals surface area contributed by atoms with E-state index < -0.39 is 0 Å². The summed E-state index contributed by atoms with van der Waals surface area (Å²) in [5.41, 5.74) is 8.87. The molecule has 0 bridgehead atoms. The van der Waals surface area contributed by atoms with Crippen LogP contribution < -0.4 is 10.5 Å². The van der Waals surface area contributed by atoms with Gasteiger partial charge in [0.1, 0.15) is 5.75 Å². The van der Waals surface area contributed by atoms with Gasteiger partial charge in [-0.1, -0.05) is 26.0 Å². The van der Waals surface area contributed by atoms with Gasteiger partial charge in [0, 0.05) is 19.0 Å². The van der Waals surface area contributed by atoms with Crippen molar-refractivity contribution in [3.05, 3.63) is 29.3 Å². The number of rotatable bonds is 7. The molecule has 0 saturated heterocycles. The van der Waals surface area contributed by atoms with Gasteiger partial charge in [0.15, 0.2) is 0 Å². The third-order valence-electron chi connectivity index (χ3n) is 4.24.